The summed E-state index contributed by atoms with van der Waals surface area (Å²) < 4.78 is 32.2. The number of rotatable bonds is 6. The number of sulfonamides is 1. The third kappa shape index (κ3) is 4.18. The van der Waals surface area contributed by atoms with Crippen LogP contribution in [0.2, 0.25) is 5.02 Å². The summed E-state index contributed by atoms with van der Waals surface area (Å²) in [5.41, 5.74) is 0.311. The van der Waals surface area contributed by atoms with Gasteiger partial charge in [0.15, 0.2) is 0 Å². The normalized spacial score (nSPS) is 13.2. The molecule has 5 nitrogen and oxygen atoms in total. The van der Waals surface area contributed by atoms with Crippen molar-refractivity contribution in [1.29, 1.82) is 5.26 Å². The number of hydrogen-bond acceptors (Lipinski definition) is 4. The van der Waals surface area contributed by atoms with Gasteiger partial charge in [0.05, 0.1) is 23.3 Å². The largest absolute Gasteiger partial charge is 0.383 e. The molecule has 0 fully saturated rings. The second kappa shape index (κ2) is 7.04. The van der Waals surface area contributed by atoms with Crippen molar-refractivity contribution in [3.05, 3.63) is 28.8 Å². The Hall–Kier alpha value is -1.13. The van der Waals surface area contributed by atoms with Crippen LogP contribution in [0.4, 0.5) is 0 Å². The lowest BCUT2D eigenvalue weighted by Crippen LogP contribution is -2.41. The Balaban J connectivity index is 3.08. The summed E-state index contributed by atoms with van der Waals surface area (Å²) in [4.78, 5) is -0.0417. The van der Waals surface area contributed by atoms with Crippen molar-refractivity contribution in [2.75, 3.05) is 13.7 Å². The molecule has 1 N–H and O–H groups in total. The van der Waals surface area contributed by atoms with Crippen molar-refractivity contribution < 1.29 is 13.2 Å². The summed E-state index contributed by atoms with van der Waals surface area (Å²) in [7, 11) is -2.24. The molecule has 7 heteroatoms. The lowest BCUT2D eigenvalue weighted by molar-refractivity contribution is 0.157. The molecular weight excluding hydrogens is 300 g/mol. The molecular formula is C13H17ClN2O3S. The maximum absolute atomic E-state index is 12.3. The smallest absolute Gasteiger partial charge is 0.242 e. The number of halogens is 1. The van der Waals surface area contributed by atoms with Crippen LogP contribution < -0.4 is 4.72 Å². The molecule has 1 rings (SSSR count). The molecule has 0 radical (unpaired) electrons. The fourth-order valence-corrected chi connectivity index (χ4v) is 3.51. The Morgan fingerprint density at radius 1 is 1.45 bits per heavy atom. The van der Waals surface area contributed by atoms with Gasteiger partial charge in [-0.25, -0.2) is 13.1 Å². The lowest BCUT2D eigenvalue weighted by Gasteiger charge is -2.21. The molecule has 0 amide bonds. The van der Waals surface area contributed by atoms with Gasteiger partial charge in [0, 0.05) is 13.2 Å². The predicted molar refractivity (Wildman–Crippen MR) is 77.0 cm³/mol. The SMILES string of the molecule is COCC(NS(=O)(=O)c1ccc(C#N)cc1Cl)C(C)C. The van der Waals surface area contributed by atoms with Gasteiger partial charge in [-0.3, -0.25) is 0 Å². The number of ether oxygens (including phenoxy) is 1. The highest BCUT2D eigenvalue weighted by molar-refractivity contribution is 7.89. The van der Waals surface area contributed by atoms with Gasteiger partial charge in [0.1, 0.15) is 4.90 Å². The topological polar surface area (TPSA) is 79.2 Å². The molecule has 0 aliphatic rings. The Bertz CT molecular complexity index is 609. The van der Waals surface area contributed by atoms with Gasteiger partial charge in [-0.2, -0.15) is 5.26 Å². The highest BCUT2D eigenvalue weighted by Crippen LogP contribution is 2.23. The summed E-state index contributed by atoms with van der Waals surface area (Å²) in [6.45, 7) is 4.06. The number of methoxy groups -OCH3 is 1. The van der Waals surface area contributed by atoms with Crippen molar-refractivity contribution in [3.8, 4) is 6.07 Å². The molecule has 0 aromatic heterocycles. The summed E-state index contributed by atoms with van der Waals surface area (Å²) in [6, 6.07) is 5.63. The Morgan fingerprint density at radius 3 is 2.55 bits per heavy atom. The molecule has 0 bridgehead atoms. The first kappa shape index (κ1) is 16.9. The van der Waals surface area contributed by atoms with E-state index in [1.807, 2.05) is 19.9 Å². The van der Waals surface area contributed by atoms with Crippen LogP contribution in [0.5, 0.6) is 0 Å². The molecule has 1 aromatic rings. The van der Waals surface area contributed by atoms with E-state index in [4.69, 9.17) is 21.6 Å². The van der Waals surface area contributed by atoms with E-state index in [1.165, 1.54) is 25.3 Å². The number of nitrogens with zero attached hydrogens (tertiary/aromatic N) is 1. The summed E-state index contributed by atoms with van der Waals surface area (Å²) in [6.07, 6.45) is 0. The minimum Gasteiger partial charge on any atom is -0.383 e. The van der Waals surface area contributed by atoms with Crippen molar-refractivity contribution >= 4 is 21.6 Å². The first-order chi connectivity index (χ1) is 9.31. The molecule has 0 saturated heterocycles. The van der Waals surface area contributed by atoms with Gasteiger partial charge >= 0.3 is 0 Å². The van der Waals surface area contributed by atoms with E-state index < -0.39 is 10.0 Å². The Morgan fingerprint density at radius 2 is 2.10 bits per heavy atom. The molecule has 0 saturated carbocycles. The molecule has 1 atom stereocenters. The van der Waals surface area contributed by atoms with Crippen molar-refractivity contribution in [3.63, 3.8) is 0 Å². The van der Waals surface area contributed by atoms with Crippen LogP contribution in [0.3, 0.4) is 0 Å². The van der Waals surface area contributed by atoms with Gasteiger partial charge in [-0.1, -0.05) is 25.4 Å². The van der Waals surface area contributed by atoms with E-state index in [9.17, 15) is 8.42 Å². The molecule has 1 aromatic carbocycles. The van der Waals surface area contributed by atoms with E-state index in [0.717, 1.165) is 0 Å². The molecule has 0 aliphatic carbocycles. The Kier molecular flexibility index (Phi) is 5.96. The number of nitrogens with one attached hydrogen (secondary N) is 1. The van der Waals surface area contributed by atoms with Gasteiger partial charge in [-0.05, 0) is 24.1 Å². The first-order valence-electron chi connectivity index (χ1n) is 6.02. The Labute approximate surface area is 124 Å². The zero-order valence-electron chi connectivity index (χ0n) is 11.6. The standard InChI is InChI=1S/C13H17ClN2O3S/c1-9(2)12(8-19-3)16-20(17,18)13-5-4-10(7-15)6-11(13)14/h4-6,9,12,16H,8H2,1-3H3. The molecule has 0 spiro atoms. The predicted octanol–water partition coefficient (Wildman–Crippen LogP) is 2.16. The highest BCUT2D eigenvalue weighted by Gasteiger charge is 2.24. The van der Waals surface area contributed by atoms with Gasteiger partial charge in [0.25, 0.3) is 0 Å². The van der Waals surface area contributed by atoms with Gasteiger partial charge < -0.3 is 4.74 Å². The van der Waals surface area contributed by atoms with Crippen LogP contribution in [0, 0.1) is 17.2 Å². The lowest BCUT2D eigenvalue weighted by atomic mass is 10.1. The van der Waals surface area contributed by atoms with Crippen LogP contribution in [0.25, 0.3) is 0 Å². The van der Waals surface area contributed by atoms with Crippen molar-refractivity contribution in [2.45, 2.75) is 24.8 Å². The third-order valence-electron chi connectivity index (χ3n) is 2.81. The summed E-state index contributed by atoms with van der Waals surface area (Å²) >= 11 is 5.93. The second-order valence-electron chi connectivity index (χ2n) is 4.68. The van der Waals surface area contributed by atoms with Crippen molar-refractivity contribution in [2.24, 2.45) is 5.92 Å². The zero-order valence-corrected chi connectivity index (χ0v) is 13.1. The molecule has 0 heterocycles. The molecule has 110 valence electrons. The highest BCUT2D eigenvalue weighted by atomic mass is 35.5. The molecule has 1 unspecified atom stereocenters. The maximum Gasteiger partial charge on any atom is 0.242 e. The van der Waals surface area contributed by atoms with E-state index in [0.29, 0.717) is 5.56 Å². The quantitative estimate of drug-likeness (QED) is 0.872. The maximum atomic E-state index is 12.3. The third-order valence-corrected chi connectivity index (χ3v) is 4.78. The van der Waals surface area contributed by atoms with E-state index >= 15 is 0 Å². The average Bonchev–Trinajstić information content (AvgIpc) is 2.37. The van der Waals surface area contributed by atoms with Crippen LogP contribution in [0.1, 0.15) is 19.4 Å². The van der Waals surface area contributed by atoms with E-state index in [-0.39, 0.29) is 28.5 Å². The fourth-order valence-electron chi connectivity index (χ4n) is 1.59. The van der Waals surface area contributed by atoms with Crippen LogP contribution in [-0.2, 0) is 14.8 Å². The minimum absolute atomic E-state index is 0.0245. The van der Waals surface area contributed by atoms with E-state index in [2.05, 4.69) is 4.72 Å². The monoisotopic (exact) mass is 316 g/mol. The fraction of sp³-hybridized carbons (Fsp3) is 0.462. The second-order valence-corrected chi connectivity index (χ2v) is 6.77. The zero-order chi connectivity index (χ0) is 15.3. The molecule has 20 heavy (non-hydrogen) atoms. The average molecular weight is 317 g/mol. The first-order valence-corrected chi connectivity index (χ1v) is 7.89. The minimum atomic E-state index is -3.75. The number of benzene rings is 1. The summed E-state index contributed by atoms with van der Waals surface area (Å²) in [5, 5.41) is 8.78. The number of hydrogen-bond donors (Lipinski definition) is 1. The van der Waals surface area contributed by atoms with Crippen molar-refractivity contribution in [1.82, 2.24) is 4.72 Å². The van der Waals surface area contributed by atoms with Crippen LogP contribution in [-0.4, -0.2) is 28.2 Å². The van der Waals surface area contributed by atoms with Crippen LogP contribution >= 0.6 is 11.6 Å². The van der Waals surface area contributed by atoms with Gasteiger partial charge in [-0.15, -0.1) is 0 Å². The van der Waals surface area contributed by atoms with E-state index in [1.54, 1.807) is 0 Å². The molecule has 0 aliphatic heterocycles. The van der Waals surface area contributed by atoms with Crippen LogP contribution in [0.15, 0.2) is 23.1 Å². The number of nitriles is 1. The summed E-state index contributed by atoms with van der Waals surface area (Å²) in [5.74, 6) is 0.0712. The van der Waals surface area contributed by atoms with Gasteiger partial charge in [0.2, 0.25) is 10.0 Å².